The van der Waals surface area contributed by atoms with Crippen LogP contribution in [0.4, 0.5) is 4.39 Å². The van der Waals surface area contributed by atoms with E-state index < -0.39 is 0 Å². The van der Waals surface area contributed by atoms with Crippen molar-refractivity contribution in [2.45, 2.75) is 0 Å². The molecule has 4 heteroatoms. The quantitative estimate of drug-likeness (QED) is 0.754. The zero-order chi connectivity index (χ0) is 9.26. The van der Waals surface area contributed by atoms with E-state index in [1.807, 2.05) is 22.6 Å². The number of rotatable bonds is 1. The number of oxazole rings is 1. The first-order chi connectivity index (χ1) is 6.25. The van der Waals surface area contributed by atoms with E-state index in [1.54, 1.807) is 12.1 Å². The predicted octanol–water partition coefficient (Wildman–Crippen LogP) is 3.09. The summed E-state index contributed by atoms with van der Waals surface area (Å²) in [5.74, 6) is -0.268. The topological polar surface area (TPSA) is 26.0 Å². The molecule has 1 heterocycles. The molecule has 13 heavy (non-hydrogen) atoms. The first-order valence-electron chi connectivity index (χ1n) is 3.63. The lowest BCUT2D eigenvalue weighted by Gasteiger charge is -1.93. The van der Waals surface area contributed by atoms with Gasteiger partial charge >= 0.3 is 0 Å². The molecule has 0 saturated heterocycles. The molecular formula is C9H5FINO. The lowest BCUT2D eigenvalue weighted by molar-refractivity contribution is 0.525. The fraction of sp³-hybridized carbons (Fsp3) is 0. The molecule has 0 radical (unpaired) electrons. The minimum Gasteiger partial charge on any atom is -0.440 e. The molecule has 0 unspecified atom stereocenters. The third kappa shape index (κ3) is 1.88. The van der Waals surface area contributed by atoms with E-state index in [9.17, 15) is 4.39 Å². The van der Waals surface area contributed by atoms with Gasteiger partial charge in [0.2, 0.25) is 0 Å². The van der Waals surface area contributed by atoms with Crippen molar-refractivity contribution < 1.29 is 8.81 Å². The Balaban J connectivity index is 2.46. The molecule has 0 N–H and O–H groups in total. The van der Waals surface area contributed by atoms with Gasteiger partial charge in [-0.1, -0.05) is 12.1 Å². The van der Waals surface area contributed by atoms with Gasteiger partial charge in [0, 0.05) is 28.2 Å². The smallest absolute Gasteiger partial charge is 0.257 e. The van der Waals surface area contributed by atoms with Gasteiger partial charge in [0.15, 0.2) is 0 Å². The Morgan fingerprint density at radius 2 is 2.23 bits per heavy atom. The van der Waals surface area contributed by atoms with E-state index in [-0.39, 0.29) is 5.82 Å². The predicted molar refractivity (Wildman–Crippen MR) is 54.6 cm³/mol. The normalized spacial score (nSPS) is 10.3. The van der Waals surface area contributed by atoms with Gasteiger partial charge in [-0.25, -0.2) is 9.37 Å². The minimum absolute atomic E-state index is 0.268. The second-order valence-electron chi connectivity index (χ2n) is 2.50. The molecule has 0 amide bonds. The number of aromatic nitrogens is 1. The first kappa shape index (κ1) is 8.68. The maximum absolute atomic E-state index is 12.8. The van der Waals surface area contributed by atoms with E-state index in [0.717, 1.165) is 5.56 Å². The van der Waals surface area contributed by atoms with E-state index in [4.69, 9.17) is 4.42 Å². The summed E-state index contributed by atoms with van der Waals surface area (Å²) in [5.41, 5.74) is 1.38. The van der Waals surface area contributed by atoms with Crippen LogP contribution in [0.1, 0.15) is 0 Å². The first-order valence-corrected chi connectivity index (χ1v) is 4.70. The van der Waals surface area contributed by atoms with Gasteiger partial charge in [0.05, 0.1) is 0 Å². The van der Waals surface area contributed by atoms with Crippen molar-refractivity contribution in [3.63, 3.8) is 0 Å². The lowest BCUT2D eigenvalue weighted by Crippen LogP contribution is -1.79. The Morgan fingerprint density at radius 1 is 1.38 bits per heavy atom. The van der Waals surface area contributed by atoms with Crippen molar-refractivity contribution >= 4 is 22.6 Å². The van der Waals surface area contributed by atoms with Gasteiger partial charge in [-0.05, 0) is 12.1 Å². The highest BCUT2D eigenvalue weighted by Gasteiger charge is 2.03. The molecule has 0 aliphatic rings. The fourth-order valence-corrected chi connectivity index (χ4v) is 1.42. The van der Waals surface area contributed by atoms with E-state index in [1.165, 1.54) is 18.4 Å². The molecule has 0 saturated carbocycles. The Hall–Kier alpha value is -0.910. The van der Waals surface area contributed by atoms with E-state index in [0.29, 0.717) is 9.59 Å². The fourth-order valence-electron chi connectivity index (χ4n) is 1.03. The number of hydrogen-bond donors (Lipinski definition) is 0. The van der Waals surface area contributed by atoms with Crippen molar-refractivity contribution in [2.24, 2.45) is 0 Å². The SMILES string of the molecule is Fc1cccc(-c2coc(I)n2)c1. The molecule has 1 aromatic heterocycles. The summed E-state index contributed by atoms with van der Waals surface area (Å²) in [6, 6.07) is 6.26. The summed E-state index contributed by atoms with van der Waals surface area (Å²) in [7, 11) is 0. The largest absolute Gasteiger partial charge is 0.440 e. The van der Waals surface area contributed by atoms with Gasteiger partial charge in [0.1, 0.15) is 17.8 Å². The van der Waals surface area contributed by atoms with Crippen molar-refractivity contribution in [2.75, 3.05) is 0 Å². The molecule has 2 rings (SSSR count). The Morgan fingerprint density at radius 3 is 2.85 bits per heavy atom. The minimum atomic E-state index is -0.268. The van der Waals surface area contributed by atoms with Crippen LogP contribution in [0.2, 0.25) is 0 Å². The molecule has 2 aromatic rings. The molecule has 0 atom stereocenters. The van der Waals surface area contributed by atoms with Gasteiger partial charge in [0.25, 0.3) is 3.90 Å². The van der Waals surface area contributed by atoms with Crippen LogP contribution in [-0.2, 0) is 0 Å². The van der Waals surface area contributed by atoms with Gasteiger partial charge < -0.3 is 4.42 Å². The summed E-state index contributed by atoms with van der Waals surface area (Å²) < 4.78 is 18.4. The highest BCUT2D eigenvalue weighted by molar-refractivity contribution is 14.1. The third-order valence-electron chi connectivity index (χ3n) is 1.60. The Kier molecular flexibility index (Phi) is 2.30. The van der Waals surface area contributed by atoms with Crippen LogP contribution in [0.5, 0.6) is 0 Å². The van der Waals surface area contributed by atoms with Gasteiger partial charge in [-0.2, -0.15) is 0 Å². The molecule has 0 fully saturated rings. The second-order valence-corrected chi connectivity index (χ2v) is 3.42. The molecular weight excluding hydrogens is 284 g/mol. The van der Waals surface area contributed by atoms with Crippen molar-refractivity contribution in [3.8, 4) is 11.3 Å². The number of halogens is 2. The number of nitrogens with zero attached hydrogens (tertiary/aromatic N) is 1. The molecule has 0 spiro atoms. The van der Waals surface area contributed by atoms with Crippen LogP contribution in [0.25, 0.3) is 11.3 Å². The number of benzene rings is 1. The van der Waals surface area contributed by atoms with Crippen molar-refractivity contribution in [1.29, 1.82) is 0 Å². The average Bonchev–Trinajstić information content (AvgIpc) is 2.52. The van der Waals surface area contributed by atoms with Crippen LogP contribution in [0.3, 0.4) is 0 Å². The Bertz CT molecular complexity index is 427. The van der Waals surface area contributed by atoms with Crippen molar-refractivity contribution in [1.82, 2.24) is 4.98 Å². The third-order valence-corrected chi connectivity index (χ3v) is 2.09. The second kappa shape index (κ2) is 3.45. The summed E-state index contributed by atoms with van der Waals surface area (Å²) in [6.45, 7) is 0. The summed E-state index contributed by atoms with van der Waals surface area (Å²) >= 11 is 1.96. The van der Waals surface area contributed by atoms with Crippen LogP contribution in [-0.4, -0.2) is 4.98 Å². The molecule has 0 bridgehead atoms. The summed E-state index contributed by atoms with van der Waals surface area (Å²) in [6.07, 6.45) is 1.51. The highest BCUT2D eigenvalue weighted by atomic mass is 127. The van der Waals surface area contributed by atoms with Crippen LogP contribution in [0.15, 0.2) is 34.9 Å². The Labute approximate surface area is 87.9 Å². The monoisotopic (exact) mass is 289 g/mol. The van der Waals surface area contributed by atoms with Crippen LogP contribution < -0.4 is 0 Å². The van der Waals surface area contributed by atoms with Crippen LogP contribution in [0, 0.1) is 9.71 Å². The van der Waals surface area contributed by atoms with Gasteiger partial charge in [-0.15, -0.1) is 0 Å². The van der Waals surface area contributed by atoms with Crippen LogP contribution >= 0.6 is 22.6 Å². The molecule has 66 valence electrons. The van der Waals surface area contributed by atoms with Crippen molar-refractivity contribution in [3.05, 3.63) is 40.2 Å². The van der Waals surface area contributed by atoms with E-state index >= 15 is 0 Å². The summed E-state index contributed by atoms with van der Waals surface area (Å²) in [5, 5.41) is 0. The zero-order valence-corrected chi connectivity index (χ0v) is 8.66. The standard InChI is InChI=1S/C9H5FINO/c10-7-3-1-2-6(4-7)8-5-13-9(11)12-8/h1-5H. The molecule has 0 aliphatic heterocycles. The molecule has 0 aliphatic carbocycles. The number of hydrogen-bond acceptors (Lipinski definition) is 2. The maximum Gasteiger partial charge on any atom is 0.257 e. The zero-order valence-electron chi connectivity index (χ0n) is 6.50. The lowest BCUT2D eigenvalue weighted by atomic mass is 10.2. The van der Waals surface area contributed by atoms with Gasteiger partial charge in [-0.3, -0.25) is 0 Å². The highest BCUT2D eigenvalue weighted by Crippen LogP contribution is 2.19. The maximum atomic E-state index is 12.8. The molecule has 2 nitrogen and oxygen atoms in total. The molecule has 1 aromatic carbocycles. The van der Waals surface area contributed by atoms with E-state index in [2.05, 4.69) is 4.98 Å². The average molecular weight is 289 g/mol. The summed E-state index contributed by atoms with van der Waals surface area (Å²) in [4.78, 5) is 4.08.